The van der Waals surface area contributed by atoms with E-state index in [2.05, 4.69) is 27.0 Å². The summed E-state index contributed by atoms with van der Waals surface area (Å²) in [6.45, 7) is 4.55. The van der Waals surface area contributed by atoms with Crippen LogP contribution in [0.2, 0.25) is 0 Å². The zero-order chi connectivity index (χ0) is 16.1. The maximum absolute atomic E-state index is 13.4. The van der Waals surface area contributed by atoms with E-state index in [0.29, 0.717) is 17.2 Å². The van der Waals surface area contributed by atoms with Crippen LogP contribution in [0, 0.1) is 5.82 Å². The molecule has 1 atom stereocenters. The predicted octanol–water partition coefficient (Wildman–Crippen LogP) is 3.07. The van der Waals surface area contributed by atoms with Crippen LogP contribution in [0.1, 0.15) is 26.2 Å². The van der Waals surface area contributed by atoms with Crippen LogP contribution in [0.25, 0.3) is 11.3 Å². The molecule has 1 aromatic carbocycles. The van der Waals surface area contributed by atoms with Crippen LogP contribution in [0.5, 0.6) is 0 Å². The number of anilines is 1. The van der Waals surface area contributed by atoms with Crippen molar-refractivity contribution in [1.82, 2.24) is 15.2 Å². The van der Waals surface area contributed by atoms with E-state index in [9.17, 15) is 4.39 Å². The van der Waals surface area contributed by atoms with Crippen molar-refractivity contribution in [1.29, 1.82) is 0 Å². The van der Waals surface area contributed by atoms with Crippen LogP contribution in [0.3, 0.4) is 0 Å². The molecule has 3 rings (SSSR count). The molecule has 1 aromatic heterocycles. The Bertz CT molecular complexity index is 652. The lowest BCUT2D eigenvalue weighted by atomic mass is 10.1. The summed E-state index contributed by atoms with van der Waals surface area (Å²) in [5, 5.41) is 8.18. The molecule has 2 heterocycles. The Balaban J connectivity index is 1.76. The maximum Gasteiger partial charge on any atom is 0.245 e. The second-order valence-corrected chi connectivity index (χ2v) is 5.73. The van der Waals surface area contributed by atoms with Crippen molar-refractivity contribution in [3.8, 4) is 11.3 Å². The fourth-order valence-electron chi connectivity index (χ4n) is 2.76. The quantitative estimate of drug-likeness (QED) is 0.848. The Morgan fingerprint density at radius 3 is 3.13 bits per heavy atom. The van der Waals surface area contributed by atoms with E-state index in [1.807, 2.05) is 6.07 Å². The number of hydrogen-bond acceptors (Lipinski definition) is 5. The van der Waals surface area contributed by atoms with Gasteiger partial charge in [0.05, 0.1) is 18.0 Å². The van der Waals surface area contributed by atoms with Gasteiger partial charge in [-0.25, -0.2) is 9.37 Å². The van der Waals surface area contributed by atoms with Crippen molar-refractivity contribution in [2.75, 3.05) is 24.6 Å². The number of aromatic nitrogens is 3. The number of benzene rings is 1. The first-order valence-electron chi connectivity index (χ1n) is 8.08. The number of rotatable bonds is 5. The Kier molecular flexibility index (Phi) is 5.12. The highest BCUT2D eigenvalue weighted by Gasteiger charge is 2.22. The van der Waals surface area contributed by atoms with E-state index in [0.717, 1.165) is 39.0 Å². The van der Waals surface area contributed by atoms with Gasteiger partial charge in [0.1, 0.15) is 5.82 Å². The molecule has 1 saturated heterocycles. The molecule has 0 bridgehead atoms. The summed E-state index contributed by atoms with van der Waals surface area (Å²) in [4.78, 5) is 6.65. The van der Waals surface area contributed by atoms with Gasteiger partial charge in [0.15, 0.2) is 0 Å². The minimum Gasteiger partial charge on any atom is -0.376 e. The summed E-state index contributed by atoms with van der Waals surface area (Å²) in [6, 6.07) is 6.36. The number of piperidine rings is 1. The largest absolute Gasteiger partial charge is 0.376 e. The van der Waals surface area contributed by atoms with Gasteiger partial charge in [0.2, 0.25) is 5.95 Å². The number of hydrogen-bond donors (Lipinski definition) is 0. The van der Waals surface area contributed by atoms with Gasteiger partial charge >= 0.3 is 0 Å². The molecule has 1 aliphatic heterocycles. The Labute approximate surface area is 135 Å². The van der Waals surface area contributed by atoms with Crippen LogP contribution >= 0.6 is 0 Å². The third kappa shape index (κ3) is 4.01. The second-order valence-electron chi connectivity index (χ2n) is 5.73. The molecule has 5 nitrogen and oxygen atoms in total. The van der Waals surface area contributed by atoms with Crippen molar-refractivity contribution in [2.45, 2.75) is 32.3 Å². The molecule has 0 amide bonds. The Morgan fingerprint density at radius 1 is 1.39 bits per heavy atom. The minimum absolute atomic E-state index is 0.213. The molecular weight excluding hydrogens is 295 g/mol. The van der Waals surface area contributed by atoms with Gasteiger partial charge in [-0.05, 0) is 31.4 Å². The fourth-order valence-corrected chi connectivity index (χ4v) is 2.76. The third-order valence-corrected chi connectivity index (χ3v) is 3.89. The zero-order valence-corrected chi connectivity index (χ0v) is 13.3. The molecule has 2 aromatic rings. The lowest BCUT2D eigenvalue weighted by Gasteiger charge is -2.32. The van der Waals surface area contributed by atoms with E-state index < -0.39 is 0 Å². The van der Waals surface area contributed by atoms with Crippen LogP contribution in [0.4, 0.5) is 10.3 Å². The van der Waals surface area contributed by atoms with E-state index in [1.165, 1.54) is 12.1 Å². The lowest BCUT2D eigenvalue weighted by Crippen LogP contribution is -2.40. The summed E-state index contributed by atoms with van der Waals surface area (Å²) < 4.78 is 19.2. The molecule has 23 heavy (non-hydrogen) atoms. The average molecular weight is 316 g/mol. The molecule has 0 saturated carbocycles. The van der Waals surface area contributed by atoms with Crippen LogP contribution < -0.4 is 4.90 Å². The van der Waals surface area contributed by atoms with E-state index in [4.69, 9.17) is 4.74 Å². The van der Waals surface area contributed by atoms with Gasteiger partial charge in [-0.15, -0.1) is 5.10 Å². The first kappa shape index (κ1) is 15.8. The fraction of sp³-hybridized carbons (Fsp3) is 0.471. The molecule has 1 aliphatic rings. The molecule has 1 fully saturated rings. The average Bonchev–Trinajstić information content (AvgIpc) is 2.60. The van der Waals surface area contributed by atoms with Crippen LogP contribution in [-0.4, -0.2) is 41.0 Å². The first-order chi connectivity index (χ1) is 11.3. The number of halogens is 1. The second kappa shape index (κ2) is 7.46. The molecule has 0 N–H and O–H groups in total. The molecular formula is C17H21FN4O. The van der Waals surface area contributed by atoms with Crippen molar-refractivity contribution in [3.63, 3.8) is 0 Å². The Morgan fingerprint density at radius 2 is 2.30 bits per heavy atom. The van der Waals surface area contributed by atoms with Crippen molar-refractivity contribution >= 4 is 5.95 Å². The molecule has 122 valence electrons. The van der Waals surface area contributed by atoms with Gasteiger partial charge < -0.3 is 9.64 Å². The summed E-state index contributed by atoms with van der Waals surface area (Å²) in [6.07, 6.45) is 4.90. The lowest BCUT2D eigenvalue weighted by molar-refractivity contribution is 0.0437. The highest BCUT2D eigenvalue weighted by Crippen LogP contribution is 2.21. The molecule has 0 spiro atoms. The van der Waals surface area contributed by atoms with Crippen molar-refractivity contribution in [2.24, 2.45) is 0 Å². The van der Waals surface area contributed by atoms with E-state index in [-0.39, 0.29) is 11.9 Å². The van der Waals surface area contributed by atoms with Crippen molar-refractivity contribution < 1.29 is 9.13 Å². The molecule has 0 radical (unpaired) electrons. The maximum atomic E-state index is 13.4. The highest BCUT2D eigenvalue weighted by atomic mass is 19.1. The normalized spacial score (nSPS) is 18.2. The van der Waals surface area contributed by atoms with Gasteiger partial charge in [-0.3, -0.25) is 0 Å². The minimum atomic E-state index is -0.284. The predicted molar refractivity (Wildman–Crippen MR) is 86.7 cm³/mol. The smallest absolute Gasteiger partial charge is 0.245 e. The van der Waals surface area contributed by atoms with Crippen LogP contribution in [0.15, 0.2) is 30.5 Å². The summed E-state index contributed by atoms with van der Waals surface area (Å²) in [5.41, 5.74) is 1.34. The highest BCUT2D eigenvalue weighted by molar-refractivity contribution is 5.59. The van der Waals surface area contributed by atoms with Gasteiger partial charge in [0.25, 0.3) is 0 Å². The summed E-state index contributed by atoms with van der Waals surface area (Å²) in [5.74, 6) is 0.297. The standard InChI is InChI=1S/C17H21FN4O/c1-2-9-23-15-7-4-8-22(12-15)17-20-16(11-19-21-17)13-5-3-6-14(18)10-13/h3,5-6,10-11,15H,2,4,7-9,12H2,1H3/t15-/m0/s1. The van der Waals surface area contributed by atoms with Crippen molar-refractivity contribution in [3.05, 3.63) is 36.3 Å². The number of nitrogens with zero attached hydrogens (tertiary/aromatic N) is 4. The van der Waals surface area contributed by atoms with E-state index >= 15 is 0 Å². The topological polar surface area (TPSA) is 51.1 Å². The van der Waals surface area contributed by atoms with Gasteiger partial charge in [-0.2, -0.15) is 5.10 Å². The zero-order valence-electron chi connectivity index (χ0n) is 13.3. The molecule has 0 aliphatic carbocycles. The molecule has 0 unspecified atom stereocenters. The van der Waals surface area contributed by atoms with Gasteiger partial charge in [0, 0.05) is 25.3 Å². The van der Waals surface area contributed by atoms with Gasteiger partial charge in [-0.1, -0.05) is 19.1 Å². The SMILES string of the molecule is CCCO[C@H]1CCCN(c2nncc(-c3cccc(F)c3)n2)C1. The molecule has 6 heteroatoms. The number of ether oxygens (including phenoxy) is 1. The van der Waals surface area contributed by atoms with Crippen LogP contribution in [-0.2, 0) is 4.74 Å². The van der Waals surface area contributed by atoms with E-state index in [1.54, 1.807) is 12.3 Å². The summed E-state index contributed by atoms with van der Waals surface area (Å²) >= 11 is 0. The Hall–Kier alpha value is -2.08. The summed E-state index contributed by atoms with van der Waals surface area (Å²) in [7, 11) is 0. The third-order valence-electron chi connectivity index (χ3n) is 3.89. The first-order valence-corrected chi connectivity index (χ1v) is 8.08. The monoisotopic (exact) mass is 316 g/mol.